The summed E-state index contributed by atoms with van der Waals surface area (Å²) in [6, 6.07) is 12.2. The third-order valence-corrected chi connectivity index (χ3v) is 7.59. The maximum Gasteiger partial charge on any atom is 0.255 e. The number of nitrogens with one attached hydrogen (secondary N) is 2. The lowest BCUT2D eigenvalue weighted by molar-refractivity contribution is 0.102. The third-order valence-electron chi connectivity index (χ3n) is 3.56. The van der Waals surface area contributed by atoms with Gasteiger partial charge in [0.2, 0.25) is 10.0 Å². The highest BCUT2D eigenvalue weighted by Gasteiger charge is 2.19. The van der Waals surface area contributed by atoms with Crippen LogP contribution in [0.5, 0.6) is 0 Å². The van der Waals surface area contributed by atoms with Gasteiger partial charge in [-0.1, -0.05) is 23.7 Å². The van der Waals surface area contributed by atoms with Gasteiger partial charge in [-0.15, -0.1) is 23.5 Å². The van der Waals surface area contributed by atoms with Gasteiger partial charge in [-0.25, -0.2) is 8.42 Å². The predicted molar refractivity (Wildman–Crippen MR) is 112 cm³/mol. The lowest BCUT2D eigenvalue weighted by Gasteiger charge is -2.12. The fourth-order valence-corrected chi connectivity index (χ4v) is 6.09. The van der Waals surface area contributed by atoms with Crippen LogP contribution in [0, 0.1) is 0 Å². The van der Waals surface area contributed by atoms with Crippen LogP contribution in [0.1, 0.15) is 20.5 Å². The number of hydrogen-bond donors (Lipinski definition) is 2. The SMILES string of the molecule is CS(=O)(=O)Nc1cc(C(=O)Nc2cccc(C3SCCS3)c2)ccc1Cl. The molecule has 26 heavy (non-hydrogen) atoms. The fraction of sp³-hybridized carbons (Fsp3) is 0.235. The lowest BCUT2D eigenvalue weighted by Crippen LogP contribution is -2.14. The van der Waals surface area contributed by atoms with E-state index in [0.717, 1.165) is 17.8 Å². The third kappa shape index (κ3) is 5.09. The van der Waals surface area contributed by atoms with Crippen molar-refractivity contribution >= 4 is 62.4 Å². The first-order chi connectivity index (χ1) is 12.3. The van der Waals surface area contributed by atoms with Gasteiger partial charge in [0.05, 0.1) is 21.5 Å². The maximum atomic E-state index is 12.5. The summed E-state index contributed by atoms with van der Waals surface area (Å²) < 4.78 is 25.5. The van der Waals surface area contributed by atoms with Crippen molar-refractivity contribution in [1.29, 1.82) is 0 Å². The molecule has 1 heterocycles. The molecular formula is C17H17ClN2O3S3. The van der Waals surface area contributed by atoms with Crippen molar-refractivity contribution in [2.75, 3.05) is 27.8 Å². The topological polar surface area (TPSA) is 75.3 Å². The largest absolute Gasteiger partial charge is 0.322 e. The number of anilines is 2. The van der Waals surface area contributed by atoms with E-state index in [2.05, 4.69) is 16.1 Å². The van der Waals surface area contributed by atoms with E-state index in [1.54, 1.807) is 6.07 Å². The van der Waals surface area contributed by atoms with Gasteiger partial charge in [-0.05, 0) is 35.9 Å². The molecule has 0 atom stereocenters. The number of thioether (sulfide) groups is 2. The number of amides is 1. The summed E-state index contributed by atoms with van der Waals surface area (Å²) in [5.41, 5.74) is 2.36. The molecule has 1 aliphatic rings. The Morgan fingerprint density at radius 2 is 1.88 bits per heavy atom. The summed E-state index contributed by atoms with van der Waals surface area (Å²) in [7, 11) is -3.49. The summed E-state index contributed by atoms with van der Waals surface area (Å²) in [5.74, 6) is 1.93. The highest BCUT2D eigenvalue weighted by Crippen LogP contribution is 2.45. The second-order valence-electron chi connectivity index (χ2n) is 5.72. The summed E-state index contributed by atoms with van der Waals surface area (Å²) >= 11 is 9.79. The normalized spacial score (nSPS) is 15.0. The summed E-state index contributed by atoms with van der Waals surface area (Å²) in [4.78, 5) is 12.5. The average molecular weight is 429 g/mol. The molecule has 0 aliphatic carbocycles. The van der Waals surface area contributed by atoms with Crippen LogP contribution < -0.4 is 10.0 Å². The van der Waals surface area contributed by atoms with E-state index >= 15 is 0 Å². The Morgan fingerprint density at radius 1 is 1.15 bits per heavy atom. The molecular weight excluding hydrogens is 412 g/mol. The highest BCUT2D eigenvalue weighted by molar-refractivity contribution is 8.19. The van der Waals surface area contributed by atoms with Crippen LogP contribution in [-0.4, -0.2) is 32.1 Å². The van der Waals surface area contributed by atoms with Gasteiger partial charge in [0.25, 0.3) is 5.91 Å². The number of carbonyl (C=O) groups excluding carboxylic acids is 1. The number of carbonyl (C=O) groups is 1. The van der Waals surface area contributed by atoms with E-state index in [1.165, 1.54) is 17.7 Å². The van der Waals surface area contributed by atoms with Gasteiger partial charge >= 0.3 is 0 Å². The quantitative estimate of drug-likeness (QED) is 0.736. The predicted octanol–water partition coefficient (Wildman–Crippen LogP) is 4.44. The van der Waals surface area contributed by atoms with Crippen LogP contribution in [0.3, 0.4) is 0 Å². The zero-order chi connectivity index (χ0) is 18.7. The summed E-state index contributed by atoms with van der Waals surface area (Å²) in [6.07, 6.45) is 1.03. The highest BCUT2D eigenvalue weighted by atomic mass is 35.5. The van der Waals surface area contributed by atoms with Crippen LogP contribution in [0.15, 0.2) is 42.5 Å². The molecule has 1 fully saturated rings. The molecule has 3 rings (SSSR count). The standard InChI is InChI=1S/C17H17ClN2O3S3/c1-26(22,23)20-15-10-11(5-6-14(15)18)16(21)19-13-4-2-3-12(9-13)17-24-7-8-25-17/h2-6,9-10,17,20H,7-8H2,1H3,(H,19,21). The Balaban J connectivity index is 1.78. The van der Waals surface area contributed by atoms with Crippen LogP contribution in [-0.2, 0) is 10.0 Å². The molecule has 2 aromatic carbocycles. The number of halogens is 1. The molecule has 9 heteroatoms. The Hall–Kier alpha value is -1.35. The van der Waals surface area contributed by atoms with Crippen LogP contribution in [0.4, 0.5) is 11.4 Å². The molecule has 0 unspecified atom stereocenters. The van der Waals surface area contributed by atoms with Crippen LogP contribution in [0.2, 0.25) is 5.02 Å². The smallest absolute Gasteiger partial charge is 0.255 e. The van der Waals surface area contributed by atoms with E-state index in [9.17, 15) is 13.2 Å². The number of sulfonamides is 1. The second kappa shape index (κ2) is 8.12. The summed E-state index contributed by atoms with van der Waals surface area (Å²) in [6.45, 7) is 0. The Morgan fingerprint density at radius 3 is 2.58 bits per heavy atom. The Bertz CT molecular complexity index is 929. The minimum absolute atomic E-state index is 0.175. The number of rotatable bonds is 5. The Kier molecular flexibility index (Phi) is 6.06. The molecule has 0 saturated carbocycles. The average Bonchev–Trinajstić information content (AvgIpc) is 3.10. The molecule has 0 aromatic heterocycles. The van der Waals surface area contributed by atoms with Gasteiger partial charge in [-0.2, -0.15) is 0 Å². The van der Waals surface area contributed by atoms with E-state index in [-0.39, 0.29) is 16.6 Å². The van der Waals surface area contributed by atoms with E-state index in [4.69, 9.17) is 11.6 Å². The maximum absolute atomic E-state index is 12.5. The van der Waals surface area contributed by atoms with Gasteiger partial charge in [-0.3, -0.25) is 9.52 Å². The molecule has 1 amide bonds. The molecule has 2 aromatic rings. The number of benzene rings is 2. The molecule has 5 nitrogen and oxygen atoms in total. The summed E-state index contributed by atoms with van der Waals surface area (Å²) in [5, 5.41) is 3.08. The minimum Gasteiger partial charge on any atom is -0.322 e. The molecule has 138 valence electrons. The zero-order valence-electron chi connectivity index (χ0n) is 13.9. The van der Waals surface area contributed by atoms with Gasteiger partial charge in [0, 0.05) is 22.8 Å². The van der Waals surface area contributed by atoms with Crippen molar-refractivity contribution in [1.82, 2.24) is 0 Å². The molecule has 1 saturated heterocycles. The molecule has 2 N–H and O–H groups in total. The first kappa shape index (κ1) is 19.4. The van der Waals surface area contributed by atoms with Crippen molar-refractivity contribution in [3.05, 3.63) is 58.6 Å². The molecule has 0 radical (unpaired) electrons. The molecule has 1 aliphatic heterocycles. The van der Waals surface area contributed by atoms with E-state index in [1.807, 2.05) is 41.7 Å². The van der Waals surface area contributed by atoms with Gasteiger partial charge in [0.1, 0.15) is 0 Å². The Labute approximate surface area is 166 Å². The van der Waals surface area contributed by atoms with Crippen molar-refractivity contribution in [2.45, 2.75) is 4.58 Å². The van der Waals surface area contributed by atoms with Crippen molar-refractivity contribution in [3.8, 4) is 0 Å². The van der Waals surface area contributed by atoms with Crippen molar-refractivity contribution < 1.29 is 13.2 Å². The van der Waals surface area contributed by atoms with E-state index < -0.39 is 10.0 Å². The van der Waals surface area contributed by atoms with Crippen molar-refractivity contribution in [2.24, 2.45) is 0 Å². The van der Waals surface area contributed by atoms with Gasteiger partial charge in [0.15, 0.2) is 0 Å². The monoisotopic (exact) mass is 428 g/mol. The molecule has 0 spiro atoms. The number of hydrogen-bond acceptors (Lipinski definition) is 5. The van der Waals surface area contributed by atoms with Crippen molar-refractivity contribution in [3.63, 3.8) is 0 Å². The zero-order valence-corrected chi connectivity index (χ0v) is 17.1. The van der Waals surface area contributed by atoms with Crippen LogP contribution in [0.25, 0.3) is 0 Å². The fourth-order valence-electron chi connectivity index (χ4n) is 2.46. The second-order valence-corrected chi connectivity index (χ2v) is 10.6. The minimum atomic E-state index is -3.49. The first-order valence-electron chi connectivity index (χ1n) is 7.74. The van der Waals surface area contributed by atoms with E-state index in [0.29, 0.717) is 15.8 Å². The molecule has 0 bridgehead atoms. The van der Waals surface area contributed by atoms with Gasteiger partial charge < -0.3 is 5.32 Å². The lowest BCUT2D eigenvalue weighted by atomic mass is 10.1. The van der Waals surface area contributed by atoms with Crippen LogP contribution >= 0.6 is 35.1 Å². The first-order valence-corrected chi connectivity index (χ1v) is 12.1.